The molecule has 0 aliphatic carbocycles. The van der Waals surface area contributed by atoms with Crippen molar-refractivity contribution in [1.29, 1.82) is 5.26 Å². The number of carbonyl (C=O) groups is 2. The summed E-state index contributed by atoms with van der Waals surface area (Å²) in [5, 5.41) is 12.3. The minimum absolute atomic E-state index is 0.0512. The summed E-state index contributed by atoms with van der Waals surface area (Å²) in [6, 6.07) is 20.0. The molecule has 3 aromatic heterocycles. The van der Waals surface area contributed by atoms with Gasteiger partial charge in [0.15, 0.2) is 0 Å². The lowest BCUT2D eigenvalue weighted by atomic mass is 10.0. The smallest absolute Gasteiger partial charge is 0.262 e. The van der Waals surface area contributed by atoms with E-state index in [1.54, 1.807) is 34.9 Å². The fraction of sp³-hybridized carbons (Fsp3) is 0.0800. The molecular weight excluding hydrogens is 390 g/mol. The van der Waals surface area contributed by atoms with Gasteiger partial charge in [-0.3, -0.25) is 9.59 Å². The number of furan rings is 1. The molecule has 0 bridgehead atoms. The maximum absolute atomic E-state index is 13.2. The molecule has 0 atom stereocenters. The van der Waals surface area contributed by atoms with Gasteiger partial charge < -0.3 is 14.1 Å². The molecule has 0 saturated carbocycles. The molecular formula is C25H19N3O3. The second kappa shape index (κ2) is 8.56. The van der Waals surface area contributed by atoms with E-state index in [2.05, 4.69) is 5.32 Å². The SMILES string of the molecule is Cc1c(/C=C(\C#N)C(=O)NCc2ccco2)c2ccccn2c1C(=O)c1ccccc1. The zero-order valence-electron chi connectivity index (χ0n) is 16.8. The van der Waals surface area contributed by atoms with E-state index in [4.69, 9.17) is 4.42 Å². The van der Waals surface area contributed by atoms with E-state index in [0.717, 1.165) is 5.52 Å². The van der Waals surface area contributed by atoms with Gasteiger partial charge in [-0.05, 0) is 42.8 Å². The average molecular weight is 409 g/mol. The Hall–Kier alpha value is -4.37. The van der Waals surface area contributed by atoms with Crippen LogP contribution in [0.4, 0.5) is 0 Å². The van der Waals surface area contributed by atoms with E-state index < -0.39 is 5.91 Å². The Balaban J connectivity index is 1.75. The summed E-state index contributed by atoms with van der Waals surface area (Å²) in [4.78, 5) is 25.8. The number of nitrogens with zero attached hydrogens (tertiary/aromatic N) is 2. The number of hydrogen-bond donors (Lipinski definition) is 1. The van der Waals surface area contributed by atoms with E-state index in [1.807, 2.05) is 49.4 Å². The Morgan fingerprint density at radius 3 is 2.58 bits per heavy atom. The third-order valence-electron chi connectivity index (χ3n) is 5.04. The van der Waals surface area contributed by atoms with Gasteiger partial charge in [0.1, 0.15) is 17.4 Å². The number of nitriles is 1. The maximum atomic E-state index is 13.2. The molecule has 0 unspecified atom stereocenters. The predicted molar refractivity (Wildman–Crippen MR) is 116 cm³/mol. The summed E-state index contributed by atoms with van der Waals surface area (Å²) >= 11 is 0. The topological polar surface area (TPSA) is 87.5 Å². The van der Waals surface area contributed by atoms with Gasteiger partial charge in [-0.1, -0.05) is 36.4 Å². The molecule has 0 saturated heterocycles. The fourth-order valence-corrected chi connectivity index (χ4v) is 3.51. The summed E-state index contributed by atoms with van der Waals surface area (Å²) in [6.45, 7) is 2.00. The average Bonchev–Trinajstić information content (AvgIpc) is 3.42. The second-order valence-electron chi connectivity index (χ2n) is 6.97. The van der Waals surface area contributed by atoms with Crippen molar-refractivity contribution in [2.75, 3.05) is 0 Å². The highest BCUT2D eigenvalue weighted by Gasteiger charge is 2.21. The highest BCUT2D eigenvalue weighted by Crippen LogP contribution is 2.27. The van der Waals surface area contributed by atoms with Crippen LogP contribution in [0.3, 0.4) is 0 Å². The third kappa shape index (κ3) is 3.89. The number of carbonyl (C=O) groups excluding carboxylic acids is 2. The van der Waals surface area contributed by atoms with Crippen LogP contribution in [-0.4, -0.2) is 16.1 Å². The molecule has 31 heavy (non-hydrogen) atoms. The molecule has 0 radical (unpaired) electrons. The molecule has 1 N–H and O–H groups in total. The standard InChI is InChI=1S/C25H19N3O3/c1-17-21(14-19(15-26)25(30)27-16-20-10-7-13-31-20)22-11-5-6-12-28(22)23(17)24(29)18-8-3-2-4-9-18/h2-14H,16H2,1H3,(H,27,30)/b19-14+. The van der Waals surface area contributed by atoms with Gasteiger partial charge in [0.2, 0.25) is 5.78 Å². The first kappa shape index (κ1) is 19.9. The summed E-state index contributed by atoms with van der Waals surface area (Å²) < 4.78 is 7.00. The van der Waals surface area contributed by atoms with E-state index in [9.17, 15) is 14.9 Å². The Bertz CT molecular complexity index is 1320. The lowest BCUT2D eigenvalue weighted by Crippen LogP contribution is -2.23. The van der Waals surface area contributed by atoms with E-state index in [-0.39, 0.29) is 17.9 Å². The Morgan fingerprint density at radius 2 is 1.87 bits per heavy atom. The van der Waals surface area contributed by atoms with Crippen LogP contribution in [0.25, 0.3) is 11.6 Å². The Morgan fingerprint density at radius 1 is 1.10 bits per heavy atom. The monoisotopic (exact) mass is 409 g/mol. The fourth-order valence-electron chi connectivity index (χ4n) is 3.51. The van der Waals surface area contributed by atoms with Crippen LogP contribution in [-0.2, 0) is 11.3 Å². The van der Waals surface area contributed by atoms with Gasteiger partial charge in [-0.15, -0.1) is 0 Å². The van der Waals surface area contributed by atoms with Crippen LogP contribution >= 0.6 is 0 Å². The molecule has 0 fully saturated rings. The molecule has 4 rings (SSSR count). The van der Waals surface area contributed by atoms with Crippen molar-refractivity contribution in [3.8, 4) is 6.07 Å². The van der Waals surface area contributed by atoms with Gasteiger partial charge >= 0.3 is 0 Å². The lowest BCUT2D eigenvalue weighted by Gasteiger charge is -2.03. The number of amides is 1. The maximum Gasteiger partial charge on any atom is 0.262 e. The summed E-state index contributed by atoms with van der Waals surface area (Å²) in [6.07, 6.45) is 4.85. The molecule has 0 aliphatic heterocycles. The van der Waals surface area contributed by atoms with E-state index >= 15 is 0 Å². The summed E-state index contributed by atoms with van der Waals surface area (Å²) in [7, 11) is 0. The van der Waals surface area contributed by atoms with Crippen LogP contribution in [0.1, 0.15) is 32.9 Å². The quantitative estimate of drug-likeness (QED) is 0.292. The van der Waals surface area contributed by atoms with Crippen molar-refractivity contribution in [2.45, 2.75) is 13.5 Å². The molecule has 6 heteroatoms. The number of ketones is 1. The minimum atomic E-state index is -0.510. The summed E-state index contributed by atoms with van der Waals surface area (Å²) in [5.74, 6) is -0.0453. The third-order valence-corrected chi connectivity index (χ3v) is 5.04. The first-order chi connectivity index (χ1) is 15.1. The van der Waals surface area contributed by atoms with Gasteiger partial charge in [0.05, 0.1) is 24.0 Å². The van der Waals surface area contributed by atoms with Crippen LogP contribution in [0, 0.1) is 18.3 Å². The van der Waals surface area contributed by atoms with Gasteiger partial charge in [0, 0.05) is 17.3 Å². The lowest BCUT2D eigenvalue weighted by molar-refractivity contribution is -0.117. The number of pyridine rings is 1. The van der Waals surface area contributed by atoms with Crippen molar-refractivity contribution in [2.24, 2.45) is 0 Å². The number of fused-ring (bicyclic) bond motifs is 1. The molecule has 152 valence electrons. The Labute approximate surface area is 179 Å². The summed E-state index contributed by atoms with van der Waals surface area (Å²) in [5.41, 5.74) is 3.12. The number of nitrogens with one attached hydrogen (secondary N) is 1. The van der Waals surface area contributed by atoms with Gasteiger partial charge in [0.25, 0.3) is 5.91 Å². The van der Waals surface area contributed by atoms with Crippen LogP contribution in [0.15, 0.2) is 83.1 Å². The molecule has 6 nitrogen and oxygen atoms in total. The van der Waals surface area contributed by atoms with Crippen molar-refractivity contribution in [1.82, 2.24) is 9.72 Å². The van der Waals surface area contributed by atoms with Crippen molar-refractivity contribution < 1.29 is 14.0 Å². The molecule has 1 aromatic carbocycles. The molecule has 1 amide bonds. The highest BCUT2D eigenvalue weighted by molar-refractivity contribution is 6.11. The zero-order chi connectivity index (χ0) is 21.8. The van der Waals surface area contributed by atoms with Crippen LogP contribution in [0.5, 0.6) is 0 Å². The van der Waals surface area contributed by atoms with Crippen molar-refractivity contribution in [3.63, 3.8) is 0 Å². The largest absolute Gasteiger partial charge is 0.467 e. The normalized spacial score (nSPS) is 11.3. The first-order valence-corrected chi connectivity index (χ1v) is 9.72. The van der Waals surface area contributed by atoms with Crippen molar-refractivity contribution in [3.05, 3.63) is 107 Å². The van der Waals surface area contributed by atoms with E-state index in [0.29, 0.717) is 28.1 Å². The van der Waals surface area contributed by atoms with E-state index in [1.165, 1.54) is 12.3 Å². The predicted octanol–water partition coefficient (Wildman–Crippen LogP) is 4.30. The number of hydrogen-bond acceptors (Lipinski definition) is 4. The van der Waals surface area contributed by atoms with Crippen LogP contribution in [0.2, 0.25) is 0 Å². The number of benzene rings is 1. The number of aromatic nitrogens is 1. The van der Waals surface area contributed by atoms with Crippen molar-refractivity contribution >= 4 is 23.3 Å². The molecule has 0 spiro atoms. The molecule has 3 heterocycles. The molecule has 4 aromatic rings. The number of rotatable bonds is 6. The van der Waals surface area contributed by atoms with Gasteiger partial charge in [-0.25, -0.2) is 0 Å². The minimum Gasteiger partial charge on any atom is -0.467 e. The first-order valence-electron chi connectivity index (χ1n) is 9.72. The van der Waals surface area contributed by atoms with Gasteiger partial charge in [-0.2, -0.15) is 5.26 Å². The second-order valence-corrected chi connectivity index (χ2v) is 6.97. The Kier molecular flexibility index (Phi) is 5.50. The molecule has 0 aliphatic rings. The highest BCUT2D eigenvalue weighted by atomic mass is 16.3. The zero-order valence-corrected chi connectivity index (χ0v) is 16.8. The van der Waals surface area contributed by atoms with Crippen LogP contribution < -0.4 is 5.32 Å².